The molecule has 3 heterocycles. The maximum absolute atomic E-state index is 5.91. The molecule has 1 aromatic carbocycles. The molecule has 0 saturated carbocycles. The predicted octanol–water partition coefficient (Wildman–Crippen LogP) is 2.42. The molecule has 1 fully saturated rings. The van der Waals surface area contributed by atoms with E-state index in [1.165, 1.54) is 5.56 Å². The van der Waals surface area contributed by atoms with Crippen molar-refractivity contribution in [2.75, 3.05) is 57.9 Å². The number of piperazine rings is 1. The highest BCUT2D eigenvalue weighted by atomic mass is 16.5. The number of anilines is 2. The van der Waals surface area contributed by atoms with Crippen molar-refractivity contribution in [2.45, 2.75) is 32.9 Å². The largest absolute Gasteiger partial charge is 0.496 e. The number of nitrogens with zero attached hydrogens (tertiary/aromatic N) is 6. The molecule has 2 aromatic heterocycles. The number of rotatable bonds is 9. The van der Waals surface area contributed by atoms with Gasteiger partial charge in [-0.15, -0.1) is 0 Å². The number of likely N-dealkylation sites (N-methyl/N-ethyl adjacent to an activating group) is 1. The van der Waals surface area contributed by atoms with Crippen molar-refractivity contribution in [3.05, 3.63) is 35.5 Å². The van der Waals surface area contributed by atoms with Crippen LogP contribution in [0.1, 0.15) is 30.9 Å². The molecule has 9 heteroatoms. The first-order valence-corrected chi connectivity index (χ1v) is 11.4. The van der Waals surface area contributed by atoms with Gasteiger partial charge in [0.2, 0.25) is 5.95 Å². The Morgan fingerprint density at radius 2 is 1.94 bits per heavy atom. The molecular weight excluding hydrogens is 404 g/mol. The average molecular weight is 439 g/mol. The number of ether oxygens (including phenoxy) is 1. The van der Waals surface area contributed by atoms with Crippen molar-refractivity contribution in [1.29, 1.82) is 0 Å². The fourth-order valence-electron chi connectivity index (χ4n) is 4.09. The van der Waals surface area contributed by atoms with Crippen molar-refractivity contribution >= 4 is 22.8 Å². The molecule has 0 unspecified atom stereocenters. The van der Waals surface area contributed by atoms with Gasteiger partial charge in [-0.05, 0) is 25.1 Å². The highest BCUT2D eigenvalue weighted by Gasteiger charge is 2.17. The van der Waals surface area contributed by atoms with Gasteiger partial charge in [-0.2, -0.15) is 10.1 Å². The van der Waals surface area contributed by atoms with Crippen LogP contribution in [0.4, 0.5) is 11.8 Å². The molecule has 4 rings (SSSR count). The van der Waals surface area contributed by atoms with Crippen LogP contribution in [0.15, 0.2) is 24.4 Å². The minimum atomic E-state index is 0.252. The predicted molar refractivity (Wildman–Crippen MR) is 128 cm³/mol. The van der Waals surface area contributed by atoms with Gasteiger partial charge in [-0.1, -0.05) is 25.5 Å². The Bertz CT molecular complexity index is 1040. The van der Waals surface area contributed by atoms with Crippen LogP contribution in [0.2, 0.25) is 0 Å². The average Bonchev–Trinajstić information content (AvgIpc) is 3.19. The van der Waals surface area contributed by atoms with E-state index in [-0.39, 0.29) is 5.95 Å². The van der Waals surface area contributed by atoms with Crippen LogP contribution < -0.4 is 15.8 Å². The fraction of sp³-hybridized carbons (Fsp3) is 0.522. The van der Waals surface area contributed by atoms with Gasteiger partial charge in [-0.3, -0.25) is 9.58 Å². The standard InChI is InChI=1S/C23H34N8O/c1-4-5-8-25-22-21-19(27-23(24)28-22)14-26-31(21)16-18-7-6-17(13-20(18)32-3)15-30-11-9-29(2)10-12-30/h6-7,13-14H,4-5,8-12,15-16H2,1-3H3,(H3,24,25,27,28). The van der Waals surface area contributed by atoms with Gasteiger partial charge in [-0.25, -0.2) is 4.98 Å². The third-order valence-corrected chi connectivity index (χ3v) is 6.00. The van der Waals surface area contributed by atoms with Gasteiger partial charge in [0.05, 0.1) is 19.9 Å². The number of nitrogens with two attached hydrogens (primary N) is 1. The summed E-state index contributed by atoms with van der Waals surface area (Å²) in [6, 6.07) is 6.48. The lowest BCUT2D eigenvalue weighted by atomic mass is 10.1. The molecule has 1 saturated heterocycles. The topological polar surface area (TPSA) is 97.4 Å². The molecule has 3 aromatic rings. The lowest BCUT2D eigenvalue weighted by Crippen LogP contribution is -2.43. The SMILES string of the molecule is CCCCNc1nc(N)nc2cnn(Cc3ccc(CN4CCN(C)CC4)cc3OC)c12. The number of aromatic nitrogens is 4. The van der Waals surface area contributed by atoms with Crippen LogP contribution in [-0.2, 0) is 13.1 Å². The van der Waals surface area contributed by atoms with Crippen LogP contribution >= 0.6 is 0 Å². The third-order valence-electron chi connectivity index (χ3n) is 6.00. The first kappa shape index (κ1) is 22.3. The van der Waals surface area contributed by atoms with Crippen LogP contribution in [0.5, 0.6) is 5.75 Å². The summed E-state index contributed by atoms with van der Waals surface area (Å²) in [5.74, 6) is 1.85. The summed E-state index contributed by atoms with van der Waals surface area (Å²) in [5.41, 5.74) is 9.84. The highest BCUT2D eigenvalue weighted by molar-refractivity contribution is 5.86. The molecule has 1 aliphatic heterocycles. The Hall–Kier alpha value is -2.91. The molecule has 1 aliphatic rings. The summed E-state index contributed by atoms with van der Waals surface area (Å²) >= 11 is 0. The second-order valence-electron chi connectivity index (χ2n) is 8.47. The van der Waals surface area contributed by atoms with Crippen molar-refractivity contribution < 1.29 is 4.74 Å². The van der Waals surface area contributed by atoms with Gasteiger partial charge in [0.25, 0.3) is 0 Å². The van der Waals surface area contributed by atoms with E-state index in [0.29, 0.717) is 6.54 Å². The number of nitrogens with one attached hydrogen (secondary N) is 1. The first-order chi connectivity index (χ1) is 15.6. The maximum atomic E-state index is 5.91. The molecule has 0 spiro atoms. The Morgan fingerprint density at radius 3 is 2.69 bits per heavy atom. The molecule has 0 radical (unpaired) electrons. The Balaban J connectivity index is 1.55. The maximum Gasteiger partial charge on any atom is 0.222 e. The number of methoxy groups -OCH3 is 1. The highest BCUT2D eigenvalue weighted by Crippen LogP contribution is 2.26. The lowest BCUT2D eigenvalue weighted by molar-refractivity contribution is 0.148. The summed E-state index contributed by atoms with van der Waals surface area (Å²) in [4.78, 5) is 13.7. The van der Waals surface area contributed by atoms with Gasteiger partial charge in [0.1, 0.15) is 16.8 Å². The van der Waals surface area contributed by atoms with Crippen LogP contribution in [0.3, 0.4) is 0 Å². The van der Waals surface area contributed by atoms with Crippen molar-refractivity contribution in [3.8, 4) is 5.75 Å². The number of hydrogen-bond donors (Lipinski definition) is 2. The summed E-state index contributed by atoms with van der Waals surface area (Å²) in [5, 5.41) is 7.97. The number of nitrogen functional groups attached to an aromatic ring is 1. The fourth-order valence-corrected chi connectivity index (χ4v) is 4.09. The van der Waals surface area contributed by atoms with Gasteiger partial charge >= 0.3 is 0 Å². The Labute approximate surface area is 189 Å². The summed E-state index contributed by atoms with van der Waals surface area (Å²) in [6.45, 7) is 8.91. The number of benzene rings is 1. The smallest absolute Gasteiger partial charge is 0.222 e. The first-order valence-electron chi connectivity index (χ1n) is 11.4. The van der Waals surface area contributed by atoms with Crippen LogP contribution in [0, 0.1) is 0 Å². The molecule has 3 N–H and O–H groups in total. The zero-order chi connectivity index (χ0) is 22.5. The van der Waals surface area contributed by atoms with Gasteiger partial charge in [0.15, 0.2) is 5.82 Å². The van der Waals surface area contributed by atoms with E-state index in [2.05, 4.69) is 62.4 Å². The summed E-state index contributed by atoms with van der Waals surface area (Å²) < 4.78 is 7.66. The minimum absolute atomic E-state index is 0.252. The monoisotopic (exact) mass is 438 g/mol. The van der Waals surface area contributed by atoms with E-state index in [1.54, 1.807) is 13.3 Å². The second-order valence-corrected chi connectivity index (χ2v) is 8.47. The lowest BCUT2D eigenvalue weighted by Gasteiger charge is -2.32. The van der Waals surface area contributed by atoms with Crippen LogP contribution in [0.25, 0.3) is 11.0 Å². The van der Waals surface area contributed by atoms with E-state index in [4.69, 9.17) is 10.5 Å². The van der Waals surface area contributed by atoms with E-state index in [0.717, 1.165) is 80.3 Å². The zero-order valence-corrected chi connectivity index (χ0v) is 19.3. The minimum Gasteiger partial charge on any atom is -0.496 e. The second kappa shape index (κ2) is 10.1. The van der Waals surface area contributed by atoms with Crippen molar-refractivity contribution in [3.63, 3.8) is 0 Å². The van der Waals surface area contributed by atoms with Crippen molar-refractivity contribution in [2.24, 2.45) is 0 Å². The Morgan fingerprint density at radius 1 is 1.12 bits per heavy atom. The third kappa shape index (κ3) is 5.11. The van der Waals surface area contributed by atoms with E-state index in [1.807, 2.05) is 4.68 Å². The molecular formula is C23H34N8O. The molecule has 0 amide bonds. The molecule has 0 bridgehead atoms. The van der Waals surface area contributed by atoms with Crippen LogP contribution in [-0.4, -0.2) is 76.4 Å². The van der Waals surface area contributed by atoms with E-state index < -0.39 is 0 Å². The number of fused-ring (bicyclic) bond motifs is 1. The van der Waals surface area contributed by atoms with E-state index in [9.17, 15) is 0 Å². The van der Waals surface area contributed by atoms with Gasteiger partial charge in [0, 0.05) is 44.8 Å². The summed E-state index contributed by atoms with van der Waals surface area (Å²) in [6.07, 6.45) is 3.91. The van der Waals surface area contributed by atoms with Crippen molar-refractivity contribution in [1.82, 2.24) is 29.5 Å². The normalized spacial score (nSPS) is 15.3. The molecule has 32 heavy (non-hydrogen) atoms. The molecule has 9 nitrogen and oxygen atoms in total. The number of hydrogen-bond acceptors (Lipinski definition) is 8. The molecule has 0 aliphatic carbocycles. The van der Waals surface area contributed by atoms with Gasteiger partial charge < -0.3 is 20.7 Å². The number of unbranched alkanes of at least 4 members (excludes halogenated alkanes) is 1. The Kier molecular flexibility index (Phi) is 7.06. The van der Waals surface area contributed by atoms with E-state index >= 15 is 0 Å². The molecule has 172 valence electrons. The zero-order valence-electron chi connectivity index (χ0n) is 19.3. The molecule has 0 atom stereocenters. The quantitative estimate of drug-likeness (QED) is 0.492. The summed E-state index contributed by atoms with van der Waals surface area (Å²) in [7, 11) is 3.90.